The standard InChI is InChI=1S/C19H19F2NO.C8H10.CH2O/c1-13-2-3-14(18(21)10-13)5-8-17-9-6-15-4-7-16(20)11-19(15)22(17)12-23;1-7-3-5-8(2)6-4-7;1-2/h2-4,7,10-12,17H,5-6,8-9H2,1H3;3-6H,1-2H3;1H2/t17-;;/m0../s1. The van der Waals surface area contributed by atoms with Crippen LogP contribution in [0.25, 0.3) is 0 Å². The topological polar surface area (TPSA) is 37.4 Å². The highest BCUT2D eigenvalue weighted by Gasteiger charge is 2.26. The Hall–Kier alpha value is -3.34. The molecule has 0 aliphatic carbocycles. The molecule has 0 saturated heterocycles. The van der Waals surface area contributed by atoms with Gasteiger partial charge in [0.1, 0.15) is 18.4 Å². The second kappa shape index (κ2) is 12.6. The molecule has 3 nitrogen and oxygen atoms in total. The predicted octanol–water partition coefficient (Wildman–Crippen LogP) is 6.30. The Labute approximate surface area is 195 Å². The van der Waals surface area contributed by atoms with Gasteiger partial charge in [0.2, 0.25) is 6.41 Å². The highest BCUT2D eigenvalue weighted by molar-refractivity contribution is 5.79. The van der Waals surface area contributed by atoms with Crippen molar-refractivity contribution < 1.29 is 18.4 Å². The SMILES string of the molecule is C=O.Cc1ccc(C)cc1.Cc1ccc(CC[C@H]2CCc3ccc(F)cc3N2C=O)c(F)c1. The van der Waals surface area contributed by atoms with Crippen molar-refractivity contribution in [2.45, 2.75) is 52.5 Å². The lowest BCUT2D eigenvalue weighted by Crippen LogP contribution is -2.38. The lowest BCUT2D eigenvalue weighted by atomic mass is 9.92. The molecule has 33 heavy (non-hydrogen) atoms. The molecule has 0 spiro atoms. The van der Waals surface area contributed by atoms with Crippen molar-refractivity contribution in [1.82, 2.24) is 0 Å². The molecule has 3 aromatic carbocycles. The highest BCUT2D eigenvalue weighted by atomic mass is 19.1. The minimum absolute atomic E-state index is 0.0255. The van der Waals surface area contributed by atoms with E-state index in [9.17, 15) is 13.6 Å². The first-order valence-electron chi connectivity index (χ1n) is 11.0. The third-order valence-electron chi connectivity index (χ3n) is 5.75. The first-order chi connectivity index (χ1) is 15.9. The fourth-order valence-corrected chi connectivity index (χ4v) is 3.89. The van der Waals surface area contributed by atoms with Gasteiger partial charge >= 0.3 is 0 Å². The fraction of sp³-hybridized carbons (Fsp3) is 0.286. The Balaban J connectivity index is 0.000000323. The predicted molar refractivity (Wildman–Crippen MR) is 130 cm³/mol. The van der Waals surface area contributed by atoms with Crippen molar-refractivity contribution in [1.29, 1.82) is 0 Å². The second-order valence-electron chi connectivity index (χ2n) is 8.27. The number of hydrogen-bond donors (Lipinski definition) is 0. The number of carbonyl (C=O) groups is 2. The van der Waals surface area contributed by atoms with E-state index in [1.807, 2.05) is 19.8 Å². The van der Waals surface area contributed by atoms with Gasteiger partial charge in [-0.25, -0.2) is 8.78 Å². The van der Waals surface area contributed by atoms with Gasteiger partial charge in [-0.05, 0) is 81.3 Å². The largest absolute Gasteiger partial charge is 0.312 e. The maximum atomic E-state index is 13.9. The van der Waals surface area contributed by atoms with E-state index in [4.69, 9.17) is 4.79 Å². The van der Waals surface area contributed by atoms with Gasteiger partial charge in [-0.15, -0.1) is 0 Å². The molecule has 0 N–H and O–H groups in total. The van der Waals surface area contributed by atoms with Gasteiger partial charge in [-0.3, -0.25) is 4.79 Å². The smallest absolute Gasteiger partial charge is 0.214 e. The molecule has 0 aromatic heterocycles. The Morgan fingerprint density at radius 1 is 0.909 bits per heavy atom. The zero-order valence-electron chi connectivity index (χ0n) is 19.5. The summed E-state index contributed by atoms with van der Waals surface area (Å²) in [6, 6.07) is 18.2. The van der Waals surface area contributed by atoms with E-state index < -0.39 is 0 Å². The van der Waals surface area contributed by atoms with Gasteiger partial charge in [0.25, 0.3) is 0 Å². The van der Waals surface area contributed by atoms with E-state index in [-0.39, 0.29) is 17.7 Å². The Kier molecular flexibility index (Phi) is 9.92. The van der Waals surface area contributed by atoms with Crippen molar-refractivity contribution >= 4 is 18.9 Å². The Morgan fingerprint density at radius 3 is 2.09 bits per heavy atom. The minimum atomic E-state index is -0.346. The minimum Gasteiger partial charge on any atom is -0.312 e. The van der Waals surface area contributed by atoms with E-state index in [1.165, 1.54) is 29.3 Å². The monoisotopic (exact) mass is 451 g/mol. The van der Waals surface area contributed by atoms with E-state index in [2.05, 4.69) is 38.1 Å². The summed E-state index contributed by atoms with van der Waals surface area (Å²) in [5.74, 6) is -0.550. The van der Waals surface area contributed by atoms with Crippen molar-refractivity contribution in [3.05, 3.63) is 100 Å². The first kappa shape index (κ1) is 25.9. The summed E-state index contributed by atoms with van der Waals surface area (Å²) >= 11 is 0. The molecule has 1 atom stereocenters. The van der Waals surface area contributed by atoms with Crippen molar-refractivity contribution in [2.75, 3.05) is 4.90 Å². The molecule has 1 aliphatic rings. The third-order valence-corrected chi connectivity index (χ3v) is 5.75. The molecule has 1 heterocycles. The molecule has 5 heteroatoms. The molecule has 1 amide bonds. The number of amides is 1. The van der Waals surface area contributed by atoms with Gasteiger partial charge in [0.05, 0.1) is 0 Å². The fourth-order valence-electron chi connectivity index (χ4n) is 3.89. The summed E-state index contributed by atoms with van der Waals surface area (Å²) in [7, 11) is 0. The summed E-state index contributed by atoms with van der Waals surface area (Å²) in [5, 5.41) is 0. The Morgan fingerprint density at radius 2 is 1.52 bits per heavy atom. The van der Waals surface area contributed by atoms with Crippen molar-refractivity contribution in [3.63, 3.8) is 0 Å². The average Bonchev–Trinajstić information content (AvgIpc) is 2.81. The number of aryl methyl sites for hydroxylation is 5. The van der Waals surface area contributed by atoms with Crippen LogP contribution in [-0.4, -0.2) is 19.2 Å². The lowest BCUT2D eigenvalue weighted by Gasteiger charge is -2.34. The van der Waals surface area contributed by atoms with Gasteiger partial charge < -0.3 is 9.69 Å². The molecule has 4 rings (SSSR count). The molecular formula is C28H31F2NO2. The lowest BCUT2D eigenvalue weighted by molar-refractivity contribution is -0.108. The van der Waals surface area contributed by atoms with Crippen molar-refractivity contribution in [2.24, 2.45) is 0 Å². The molecule has 174 valence electrons. The quantitative estimate of drug-likeness (QED) is 0.437. The number of anilines is 1. The number of hydrogen-bond acceptors (Lipinski definition) is 2. The zero-order valence-corrected chi connectivity index (χ0v) is 19.5. The van der Waals surface area contributed by atoms with E-state index in [0.29, 0.717) is 24.1 Å². The van der Waals surface area contributed by atoms with Crippen LogP contribution in [-0.2, 0) is 22.4 Å². The molecule has 0 radical (unpaired) electrons. The Bertz CT molecular complexity index is 1030. The van der Waals surface area contributed by atoms with E-state index in [1.54, 1.807) is 17.0 Å². The molecule has 1 aliphatic heterocycles. The van der Waals surface area contributed by atoms with Crippen LogP contribution in [0.2, 0.25) is 0 Å². The summed E-state index contributed by atoms with van der Waals surface area (Å²) in [6.07, 6.45) is 3.60. The van der Waals surface area contributed by atoms with Crippen LogP contribution in [0.4, 0.5) is 14.5 Å². The summed E-state index contributed by atoms with van der Waals surface area (Å²) < 4.78 is 27.4. The van der Waals surface area contributed by atoms with Gasteiger partial charge in [-0.2, -0.15) is 0 Å². The first-order valence-corrected chi connectivity index (χ1v) is 11.0. The number of benzene rings is 3. The average molecular weight is 452 g/mol. The molecular weight excluding hydrogens is 420 g/mol. The number of rotatable bonds is 4. The summed E-state index contributed by atoms with van der Waals surface area (Å²) in [6.45, 7) is 8.05. The van der Waals surface area contributed by atoms with Crippen LogP contribution in [0.1, 0.15) is 40.7 Å². The van der Waals surface area contributed by atoms with Gasteiger partial charge in [0.15, 0.2) is 0 Å². The second-order valence-corrected chi connectivity index (χ2v) is 8.27. The molecule has 0 fully saturated rings. The van der Waals surface area contributed by atoms with Gasteiger partial charge in [-0.1, -0.05) is 53.6 Å². The van der Waals surface area contributed by atoms with E-state index in [0.717, 1.165) is 30.4 Å². The number of halogens is 2. The number of fused-ring (bicyclic) bond motifs is 1. The normalized spacial score (nSPS) is 14.2. The maximum Gasteiger partial charge on any atom is 0.214 e. The summed E-state index contributed by atoms with van der Waals surface area (Å²) in [5.41, 5.74) is 5.83. The van der Waals surface area contributed by atoms with Crippen LogP contribution >= 0.6 is 0 Å². The van der Waals surface area contributed by atoms with E-state index >= 15 is 0 Å². The van der Waals surface area contributed by atoms with Crippen LogP contribution in [0.3, 0.4) is 0 Å². The van der Waals surface area contributed by atoms with Gasteiger partial charge in [0, 0.05) is 11.7 Å². The number of nitrogens with zero attached hydrogens (tertiary/aromatic N) is 1. The zero-order chi connectivity index (χ0) is 24.4. The van der Waals surface area contributed by atoms with Crippen LogP contribution in [0.15, 0.2) is 60.7 Å². The molecule has 0 bridgehead atoms. The summed E-state index contributed by atoms with van der Waals surface area (Å²) in [4.78, 5) is 21.1. The third kappa shape index (κ3) is 7.35. The molecule has 3 aromatic rings. The van der Waals surface area contributed by atoms with Crippen LogP contribution in [0, 0.1) is 32.4 Å². The maximum absolute atomic E-state index is 13.9. The van der Waals surface area contributed by atoms with Crippen LogP contribution < -0.4 is 4.90 Å². The number of carbonyl (C=O) groups excluding carboxylic acids is 2. The van der Waals surface area contributed by atoms with Crippen molar-refractivity contribution in [3.8, 4) is 0 Å². The molecule has 0 saturated carbocycles. The highest BCUT2D eigenvalue weighted by Crippen LogP contribution is 2.32. The van der Waals surface area contributed by atoms with Crippen LogP contribution in [0.5, 0.6) is 0 Å². The molecule has 0 unspecified atom stereocenters.